The number of nitrogens with zero attached hydrogens (tertiary/aromatic N) is 6. The molecule has 4 aliphatic heterocycles. The lowest BCUT2D eigenvalue weighted by atomic mass is 9.71. The van der Waals surface area contributed by atoms with Crippen molar-refractivity contribution in [1.29, 1.82) is 5.26 Å². The predicted molar refractivity (Wildman–Crippen MR) is 294 cm³/mol. The third kappa shape index (κ3) is 9.90. The lowest BCUT2D eigenvalue weighted by Crippen LogP contribution is -2.51. The number of benzene rings is 3. The summed E-state index contributed by atoms with van der Waals surface area (Å²) >= 11 is 0. The van der Waals surface area contributed by atoms with Crippen LogP contribution in [0.3, 0.4) is 0 Å². The van der Waals surface area contributed by atoms with Crippen molar-refractivity contribution in [1.82, 2.24) is 20.0 Å². The number of anilines is 2. The van der Waals surface area contributed by atoms with Crippen LogP contribution in [0.25, 0.3) is 22.3 Å². The molecular formula is C60H70N7O8P. The maximum Gasteiger partial charge on any atom is 0.340 e. The molecule has 398 valence electrons. The van der Waals surface area contributed by atoms with Gasteiger partial charge in [-0.3, -0.25) is 24.4 Å². The van der Waals surface area contributed by atoms with Crippen molar-refractivity contribution in [3.05, 3.63) is 118 Å². The van der Waals surface area contributed by atoms with Gasteiger partial charge in [-0.1, -0.05) is 12.8 Å². The Kier molecular flexibility index (Phi) is 15.6. The number of nitriles is 1. The molecule has 0 fully saturated rings. The lowest BCUT2D eigenvalue weighted by molar-refractivity contribution is -0.118. The second-order valence-corrected chi connectivity index (χ2v) is 23.5. The van der Waals surface area contributed by atoms with Crippen LogP contribution in [0.2, 0.25) is 0 Å². The summed E-state index contributed by atoms with van der Waals surface area (Å²) in [7, 11) is -1.31. The van der Waals surface area contributed by atoms with Gasteiger partial charge in [-0.2, -0.15) is 5.26 Å². The summed E-state index contributed by atoms with van der Waals surface area (Å²) < 4.78 is 29.0. The molecule has 0 aliphatic carbocycles. The molecule has 5 aromatic rings. The van der Waals surface area contributed by atoms with E-state index >= 15 is 0 Å². The van der Waals surface area contributed by atoms with Gasteiger partial charge in [0.25, 0.3) is 14.4 Å². The SMILES string of the molecule is CC(=O)N1c2c(-c3ccncc3)cc3c(c2CCC1(C)C)Oc1c(cc(-c2ccncc2)c2c1CCC(C)(C)N2C(C)=O)C31OC(=O)c2ccc(C(=O)NCCCCCCOP(OCCC#N)N(C(C)C)C(C)C)cc21. The number of hydrogen-bond acceptors (Lipinski definition) is 12. The summed E-state index contributed by atoms with van der Waals surface area (Å²) in [5, 5.41) is 12.2. The first-order valence-corrected chi connectivity index (χ1v) is 27.8. The van der Waals surface area contributed by atoms with Crippen LogP contribution in [0.5, 0.6) is 11.5 Å². The van der Waals surface area contributed by atoms with Crippen LogP contribution < -0.4 is 19.9 Å². The summed E-state index contributed by atoms with van der Waals surface area (Å²) in [6.07, 6.45) is 12.8. The van der Waals surface area contributed by atoms with Gasteiger partial charge in [0.15, 0.2) is 5.60 Å². The Morgan fingerprint density at radius 3 is 1.74 bits per heavy atom. The molecule has 1 unspecified atom stereocenters. The number of fused-ring (bicyclic) bond motifs is 10. The quantitative estimate of drug-likeness (QED) is 0.0530. The van der Waals surface area contributed by atoms with Crippen molar-refractivity contribution in [2.45, 2.75) is 156 Å². The molecule has 3 aromatic carbocycles. The highest BCUT2D eigenvalue weighted by atomic mass is 31.2. The van der Waals surface area contributed by atoms with Crippen LogP contribution in [0, 0.1) is 11.3 Å². The fourth-order valence-electron chi connectivity index (χ4n) is 11.9. The highest BCUT2D eigenvalue weighted by Gasteiger charge is 2.57. The molecule has 16 heteroatoms. The van der Waals surface area contributed by atoms with Gasteiger partial charge in [0.2, 0.25) is 11.8 Å². The van der Waals surface area contributed by atoms with Gasteiger partial charge in [-0.05, 0) is 160 Å². The van der Waals surface area contributed by atoms with Crippen LogP contribution in [0.1, 0.15) is 163 Å². The van der Waals surface area contributed by atoms with E-state index in [2.05, 4.69) is 81.4 Å². The number of esters is 1. The number of ether oxygens (including phenoxy) is 2. The smallest absolute Gasteiger partial charge is 0.340 e. The van der Waals surface area contributed by atoms with E-state index in [1.165, 1.54) is 0 Å². The molecule has 0 radical (unpaired) electrons. The topological polar surface area (TPSA) is 177 Å². The molecule has 0 saturated heterocycles. The highest BCUT2D eigenvalue weighted by molar-refractivity contribution is 7.44. The van der Waals surface area contributed by atoms with Gasteiger partial charge in [-0.15, -0.1) is 0 Å². The fourth-order valence-corrected chi connectivity index (χ4v) is 13.5. The molecule has 0 bridgehead atoms. The normalized spacial score (nSPS) is 16.8. The maximum absolute atomic E-state index is 14.8. The lowest BCUT2D eigenvalue weighted by Gasteiger charge is -2.48. The average molecular weight is 1050 g/mol. The molecule has 1 N–H and O–H groups in total. The van der Waals surface area contributed by atoms with Crippen molar-refractivity contribution in [2.24, 2.45) is 0 Å². The first-order valence-electron chi connectivity index (χ1n) is 26.7. The van der Waals surface area contributed by atoms with Crippen LogP contribution >= 0.6 is 8.53 Å². The first kappa shape index (κ1) is 54.2. The minimum Gasteiger partial charge on any atom is -0.456 e. The zero-order valence-electron chi connectivity index (χ0n) is 45.5. The molecule has 0 saturated carbocycles. The Hall–Kier alpha value is -6.56. The standard InChI is InChI=1S/C60H70N7O8P/c1-37(2)67(38(3)4)76(73-33-15-26-61)72-32-14-12-11-13-27-64-56(70)43-16-17-44-49(34-43)60(75-57(44)71)50-35-47(41-20-28-62-29-21-41)52-45(18-24-58(7,8)65(52)39(5)68)54(50)74-55-46-19-25-59(9,10)66(40(6)69)53(46)48(36-51(55)60)42-22-30-63-31-23-42/h16-17,20-23,28-31,34-38H,11-15,18-19,24-25,27,32-33H2,1-10H3,(H,64,70). The van der Waals surface area contributed by atoms with Crippen LogP contribution in [-0.4, -0.2) is 81.2 Å². The molecule has 9 rings (SSSR count). The van der Waals surface area contributed by atoms with Gasteiger partial charge >= 0.3 is 5.97 Å². The van der Waals surface area contributed by atoms with E-state index in [0.29, 0.717) is 103 Å². The Labute approximate surface area is 448 Å². The van der Waals surface area contributed by atoms with Crippen molar-refractivity contribution >= 4 is 43.6 Å². The van der Waals surface area contributed by atoms with Gasteiger partial charge in [0, 0.05) is 113 Å². The minimum atomic E-state index is -1.66. The summed E-state index contributed by atoms with van der Waals surface area (Å²) in [5.41, 5.74) is 5.59. The summed E-state index contributed by atoms with van der Waals surface area (Å²) in [6, 6.07) is 19.3. The Morgan fingerprint density at radius 1 is 0.724 bits per heavy atom. The van der Waals surface area contributed by atoms with Crippen molar-refractivity contribution < 1.29 is 37.7 Å². The fraction of sp³-hybridized carbons (Fsp3) is 0.450. The molecule has 15 nitrogen and oxygen atoms in total. The number of nitrogens with one attached hydrogen (secondary N) is 1. The molecule has 1 spiro atoms. The number of rotatable bonds is 17. The first-order chi connectivity index (χ1) is 36.3. The van der Waals surface area contributed by atoms with E-state index in [9.17, 15) is 19.2 Å². The Bertz CT molecular complexity index is 2960. The van der Waals surface area contributed by atoms with E-state index in [4.69, 9.17) is 23.8 Å². The monoisotopic (exact) mass is 1050 g/mol. The van der Waals surface area contributed by atoms with Crippen LogP contribution in [0.15, 0.2) is 79.4 Å². The predicted octanol–water partition coefficient (Wildman–Crippen LogP) is 12.1. The molecule has 4 aliphatic rings. The summed E-state index contributed by atoms with van der Waals surface area (Å²) in [4.78, 5) is 69.5. The van der Waals surface area contributed by atoms with E-state index in [1.54, 1.807) is 56.8 Å². The Balaban J connectivity index is 1.13. The molecule has 2 aromatic heterocycles. The maximum atomic E-state index is 14.8. The molecule has 6 heterocycles. The third-order valence-electron chi connectivity index (χ3n) is 15.3. The molecule has 1 atom stereocenters. The molecule has 3 amide bonds. The van der Waals surface area contributed by atoms with E-state index in [0.717, 1.165) is 59.1 Å². The molecular weight excluding hydrogens is 978 g/mol. The van der Waals surface area contributed by atoms with E-state index in [1.807, 2.05) is 46.2 Å². The third-order valence-corrected chi connectivity index (χ3v) is 17.4. The summed E-state index contributed by atoms with van der Waals surface area (Å²) in [6.45, 7) is 21.2. The molecule has 76 heavy (non-hydrogen) atoms. The number of aromatic nitrogens is 2. The second kappa shape index (κ2) is 21.8. The minimum absolute atomic E-state index is 0.128. The highest BCUT2D eigenvalue weighted by Crippen LogP contribution is 2.64. The number of carbonyl (C=O) groups is 4. The number of amides is 3. The van der Waals surface area contributed by atoms with Crippen molar-refractivity contribution in [2.75, 3.05) is 29.6 Å². The van der Waals surface area contributed by atoms with Gasteiger partial charge in [0.05, 0.1) is 42.6 Å². The van der Waals surface area contributed by atoms with Gasteiger partial charge in [0.1, 0.15) is 11.5 Å². The largest absolute Gasteiger partial charge is 0.456 e. The van der Waals surface area contributed by atoms with Gasteiger partial charge in [-0.25, -0.2) is 9.46 Å². The number of hydrogen-bond donors (Lipinski definition) is 1. The van der Waals surface area contributed by atoms with Crippen molar-refractivity contribution in [3.63, 3.8) is 0 Å². The van der Waals surface area contributed by atoms with Crippen LogP contribution in [-0.2, 0) is 41.8 Å². The van der Waals surface area contributed by atoms with E-state index < -0.39 is 31.2 Å². The average Bonchev–Trinajstić information content (AvgIpc) is 3.89. The zero-order valence-corrected chi connectivity index (χ0v) is 46.4. The number of carbonyl (C=O) groups excluding carboxylic acids is 4. The van der Waals surface area contributed by atoms with E-state index in [-0.39, 0.29) is 29.8 Å². The second-order valence-electron chi connectivity index (χ2n) is 22.0. The Morgan fingerprint density at radius 2 is 1.24 bits per heavy atom. The van der Waals surface area contributed by atoms with Crippen LogP contribution in [0.4, 0.5) is 11.4 Å². The number of unbranched alkanes of at least 4 members (excludes halogenated alkanes) is 3. The van der Waals surface area contributed by atoms with Crippen molar-refractivity contribution in [3.8, 4) is 39.8 Å². The zero-order chi connectivity index (χ0) is 54.3. The van der Waals surface area contributed by atoms with Gasteiger partial charge < -0.3 is 33.6 Å². The number of pyridine rings is 2. The summed E-state index contributed by atoms with van der Waals surface area (Å²) in [5.74, 6) is -0.159.